The third-order valence-corrected chi connectivity index (χ3v) is 4.23. The van der Waals surface area contributed by atoms with Crippen molar-refractivity contribution in [3.05, 3.63) is 18.0 Å². The van der Waals surface area contributed by atoms with Crippen LogP contribution in [0.1, 0.15) is 57.7 Å². The lowest BCUT2D eigenvalue weighted by Crippen LogP contribution is -2.29. The van der Waals surface area contributed by atoms with Crippen molar-refractivity contribution < 1.29 is 9.90 Å². The molecule has 1 fully saturated rings. The predicted octanol–water partition coefficient (Wildman–Crippen LogP) is 2.59. The number of carbonyl (C=O) groups is 1. The highest BCUT2D eigenvalue weighted by Gasteiger charge is 2.26. The van der Waals surface area contributed by atoms with E-state index in [2.05, 4.69) is 15.1 Å². The Kier molecular flexibility index (Phi) is 4.81. The summed E-state index contributed by atoms with van der Waals surface area (Å²) in [5.74, 6) is -0.740. The first-order valence-corrected chi connectivity index (χ1v) is 7.47. The van der Waals surface area contributed by atoms with Crippen molar-refractivity contribution >= 4 is 5.97 Å². The lowest BCUT2D eigenvalue weighted by atomic mass is 9.90. The molecule has 0 aromatic carbocycles. The summed E-state index contributed by atoms with van der Waals surface area (Å²) in [4.78, 5) is 11.0. The number of carboxylic acid groups (broad SMARTS) is 1. The van der Waals surface area contributed by atoms with Gasteiger partial charge in [0.15, 0.2) is 0 Å². The van der Waals surface area contributed by atoms with E-state index in [-0.39, 0.29) is 0 Å². The number of nitrogens with zero attached hydrogens (tertiary/aromatic N) is 2. The van der Waals surface area contributed by atoms with Crippen LogP contribution >= 0.6 is 0 Å². The van der Waals surface area contributed by atoms with Gasteiger partial charge < -0.3 is 10.4 Å². The molecule has 1 heterocycles. The SMILES string of the molecule is CC(C)(CCNCc1ccnn1C1CCCC1)C(=O)O. The maximum absolute atomic E-state index is 11.0. The Balaban J connectivity index is 1.80. The van der Waals surface area contributed by atoms with Crippen LogP contribution in [-0.4, -0.2) is 27.4 Å². The van der Waals surface area contributed by atoms with Gasteiger partial charge in [-0.25, -0.2) is 0 Å². The Labute approximate surface area is 120 Å². The third kappa shape index (κ3) is 3.60. The lowest BCUT2D eigenvalue weighted by Gasteiger charge is -2.19. The first kappa shape index (κ1) is 15.0. The standard InChI is InChI=1S/C15H25N3O2/c1-15(2,14(19)20)8-10-16-11-13-7-9-17-18(13)12-5-3-4-6-12/h7,9,12,16H,3-6,8,10-11H2,1-2H3,(H,19,20). The van der Waals surface area contributed by atoms with E-state index in [9.17, 15) is 4.79 Å². The maximum Gasteiger partial charge on any atom is 0.309 e. The highest BCUT2D eigenvalue weighted by Crippen LogP contribution is 2.29. The second-order valence-electron chi connectivity index (χ2n) is 6.32. The Morgan fingerprint density at radius 3 is 2.85 bits per heavy atom. The number of aliphatic carboxylic acids is 1. The number of hydrogen-bond donors (Lipinski definition) is 2. The lowest BCUT2D eigenvalue weighted by molar-refractivity contribution is -0.147. The molecule has 1 aromatic heterocycles. The number of rotatable bonds is 7. The van der Waals surface area contributed by atoms with Crippen molar-refractivity contribution in [3.63, 3.8) is 0 Å². The average Bonchev–Trinajstić information content (AvgIpc) is 3.04. The summed E-state index contributed by atoms with van der Waals surface area (Å²) in [7, 11) is 0. The maximum atomic E-state index is 11.0. The zero-order valence-corrected chi connectivity index (χ0v) is 12.4. The minimum Gasteiger partial charge on any atom is -0.481 e. The summed E-state index contributed by atoms with van der Waals surface area (Å²) >= 11 is 0. The van der Waals surface area contributed by atoms with E-state index in [4.69, 9.17) is 5.11 Å². The molecule has 1 saturated carbocycles. The molecule has 1 aliphatic carbocycles. The highest BCUT2D eigenvalue weighted by molar-refractivity contribution is 5.73. The Morgan fingerprint density at radius 2 is 2.20 bits per heavy atom. The molecule has 0 unspecified atom stereocenters. The molecule has 2 N–H and O–H groups in total. The molecule has 0 saturated heterocycles. The zero-order chi connectivity index (χ0) is 14.6. The van der Waals surface area contributed by atoms with Gasteiger partial charge in [0.2, 0.25) is 0 Å². The number of nitrogens with one attached hydrogen (secondary N) is 1. The van der Waals surface area contributed by atoms with Gasteiger partial charge in [-0.15, -0.1) is 0 Å². The molecule has 20 heavy (non-hydrogen) atoms. The normalized spacial score (nSPS) is 16.7. The minimum absolute atomic E-state index is 0.553. The molecule has 2 rings (SSSR count). The smallest absolute Gasteiger partial charge is 0.309 e. The zero-order valence-electron chi connectivity index (χ0n) is 12.4. The van der Waals surface area contributed by atoms with Crippen LogP contribution in [0.5, 0.6) is 0 Å². The van der Waals surface area contributed by atoms with E-state index in [1.165, 1.54) is 31.4 Å². The first-order valence-electron chi connectivity index (χ1n) is 7.47. The van der Waals surface area contributed by atoms with Crippen LogP contribution in [0.15, 0.2) is 12.3 Å². The van der Waals surface area contributed by atoms with Crippen LogP contribution in [0.25, 0.3) is 0 Å². The molecule has 112 valence electrons. The van der Waals surface area contributed by atoms with Crippen molar-refractivity contribution in [2.45, 2.75) is 58.5 Å². The number of aromatic nitrogens is 2. The van der Waals surface area contributed by atoms with Gasteiger partial charge in [0.25, 0.3) is 0 Å². The van der Waals surface area contributed by atoms with Gasteiger partial charge in [-0.2, -0.15) is 5.10 Å². The summed E-state index contributed by atoms with van der Waals surface area (Å²) in [6, 6.07) is 2.60. The van der Waals surface area contributed by atoms with Crippen molar-refractivity contribution in [1.29, 1.82) is 0 Å². The molecule has 0 amide bonds. The van der Waals surface area contributed by atoms with Gasteiger partial charge >= 0.3 is 5.97 Å². The molecule has 0 bridgehead atoms. The van der Waals surface area contributed by atoms with Gasteiger partial charge in [-0.05, 0) is 45.7 Å². The molecule has 0 spiro atoms. The Bertz CT molecular complexity index is 448. The minimum atomic E-state index is -0.740. The molecule has 1 aliphatic rings. The molecule has 0 aliphatic heterocycles. The summed E-state index contributed by atoms with van der Waals surface area (Å²) in [5, 5.41) is 16.8. The van der Waals surface area contributed by atoms with Gasteiger partial charge in [-0.3, -0.25) is 9.48 Å². The number of hydrogen-bond acceptors (Lipinski definition) is 3. The van der Waals surface area contributed by atoms with Gasteiger partial charge in [0.05, 0.1) is 17.2 Å². The van der Waals surface area contributed by atoms with Crippen molar-refractivity contribution in [2.24, 2.45) is 5.41 Å². The fraction of sp³-hybridized carbons (Fsp3) is 0.733. The van der Waals surface area contributed by atoms with Crippen LogP contribution in [0.2, 0.25) is 0 Å². The van der Waals surface area contributed by atoms with Gasteiger partial charge in [0.1, 0.15) is 0 Å². The van der Waals surface area contributed by atoms with E-state index in [1.54, 1.807) is 13.8 Å². The van der Waals surface area contributed by atoms with E-state index in [0.29, 0.717) is 19.0 Å². The third-order valence-electron chi connectivity index (χ3n) is 4.23. The molecule has 5 nitrogen and oxygen atoms in total. The molecule has 0 radical (unpaired) electrons. The second-order valence-corrected chi connectivity index (χ2v) is 6.32. The Morgan fingerprint density at radius 1 is 1.50 bits per heavy atom. The topological polar surface area (TPSA) is 67.2 Å². The molecular formula is C15H25N3O2. The van der Waals surface area contributed by atoms with Gasteiger partial charge in [-0.1, -0.05) is 12.8 Å². The van der Waals surface area contributed by atoms with Gasteiger partial charge in [0, 0.05) is 12.7 Å². The van der Waals surface area contributed by atoms with Crippen LogP contribution in [0, 0.1) is 5.41 Å². The quantitative estimate of drug-likeness (QED) is 0.753. The summed E-state index contributed by atoms with van der Waals surface area (Å²) in [6.45, 7) is 4.99. The van der Waals surface area contributed by atoms with Crippen molar-refractivity contribution in [1.82, 2.24) is 15.1 Å². The van der Waals surface area contributed by atoms with Crippen molar-refractivity contribution in [3.8, 4) is 0 Å². The van der Waals surface area contributed by atoms with Crippen LogP contribution in [0.3, 0.4) is 0 Å². The molecule has 0 atom stereocenters. The highest BCUT2D eigenvalue weighted by atomic mass is 16.4. The molecular weight excluding hydrogens is 254 g/mol. The fourth-order valence-corrected chi connectivity index (χ4v) is 2.68. The average molecular weight is 279 g/mol. The largest absolute Gasteiger partial charge is 0.481 e. The predicted molar refractivity (Wildman–Crippen MR) is 77.5 cm³/mol. The van der Waals surface area contributed by atoms with Crippen LogP contribution in [0.4, 0.5) is 0 Å². The second kappa shape index (κ2) is 6.39. The van der Waals surface area contributed by atoms with Crippen LogP contribution < -0.4 is 5.32 Å². The van der Waals surface area contributed by atoms with E-state index in [0.717, 1.165) is 6.54 Å². The van der Waals surface area contributed by atoms with E-state index in [1.807, 2.05) is 12.3 Å². The number of carboxylic acids is 1. The first-order chi connectivity index (χ1) is 9.50. The summed E-state index contributed by atoms with van der Waals surface area (Å²) < 4.78 is 2.14. The monoisotopic (exact) mass is 279 g/mol. The van der Waals surface area contributed by atoms with Crippen molar-refractivity contribution in [2.75, 3.05) is 6.54 Å². The van der Waals surface area contributed by atoms with Crippen LogP contribution in [-0.2, 0) is 11.3 Å². The molecule has 1 aromatic rings. The fourth-order valence-electron chi connectivity index (χ4n) is 2.68. The Hall–Kier alpha value is -1.36. The van der Waals surface area contributed by atoms with E-state index >= 15 is 0 Å². The summed E-state index contributed by atoms with van der Waals surface area (Å²) in [5.41, 5.74) is 0.531. The summed E-state index contributed by atoms with van der Waals surface area (Å²) in [6.07, 6.45) is 7.52. The molecule has 5 heteroatoms. The van der Waals surface area contributed by atoms with E-state index < -0.39 is 11.4 Å².